The first-order chi connectivity index (χ1) is 4.68. The molecule has 1 radical (unpaired) electrons. The third kappa shape index (κ3) is 7.31. The summed E-state index contributed by atoms with van der Waals surface area (Å²) in [5, 5.41) is 0. The van der Waals surface area contributed by atoms with Gasteiger partial charge in [-0.05, 0) is 6.42 Å². The Morgan fingerprint density at radius 3 is 2.55 bits per heavy atom. The van der Waals surface area contributed by atoms with E-state index in [1.807, 2.05) is 0 Å². The third-order valence-corrected chi connectivity index (χ3v) is 0.955. The van der Waals surface area contributed by atoms with Crippen LogP contribution in [0.25, 0.3) is 0 Å². The molecule has 0 saturated carbocycles. The molecule has 0 fully saturated rings. The molecule has 0 aliphatic carbocycles. The summed E-state index contributed by atoms with van der Waals surface area (Å²) in [7, 11) is 0. The van der Waals surface area contributed by atoms with Crippen molar-refractivity contribution in [1.29, 1.82) is 0 Å². The topological polar surface area (TPSA) is 46.5 Å². The summed E-state index contributed by atoms with van der Waals surface area (Å²) in [6.07, 6.45) is 1.53. The average Bonchev–Trinajstić information content (AvgIpc) is 1.88. The van der Waals surface area contributed by atoms with E-state index in [4.69, 9.17) is 6.58 Å². The largest absolute Gasteiger partial charge is 0.406 e. The number of carbonyl (C=O) groups excluding carboxylic acids is 2. The zero-order valence-electron chi connectivity index (χ0n) is 6.09. The fourth-order valence-corrected chi connectivity index (χ4v) is 0.400. The first-order valence-electron chi connectivity index (χ1n) is 2.84. The molecular formula is C7H8NO2Rh-. The molecule has 0 saturated heterocycles. The molecule has 4 heteroatoms. The second kappa shape index (κ2) is 7.52. The summed E-state index contributed by atoms with van der Waals surface area (Å²) in [6, 6.07) is 0. The van der Waals surface area contributed by atoms with Gasteiger partial charge in [0.1, 0.15) is 0 Å². The number of hydrogen-bond donors (Lipinski definition) is 0. The van der Waals surface area contributed by atoms with E-state index < -0.39 is 0 Å². The van der Waals surface area contributed by atoms with E-state index in [9.17, 15) is 9.59 Å². The predicted octanol–water partition coefficient (Wildman–Crippen LogP) is 0.658. The van der Waals surface area contributed by atoms with E-state index in [-0.39, 0.29) is 43.8 Å². The van der Waals surface area contributed by atoms with Gasteiger partial charge in [-0.15, -0.1) is 0 Å². The summed E-state index contributed by atoms with van der Waals surface area (Å²) in [4.78, 5) is 23.4. The van der Waals surface area contributed by atoms with Crippen molar-refractivity contribution >= 4 is 11.9 Å². The van der Waals surface area contributed by atoms with E-state index in [1.165, 1.54) is 13.0 Å². The third-order valence-electron chi connectivity index (χ3n) is 0.955. The van der Waals surface area contributed by atoms with Crippen molar-refractivity contribution in [3.8, 4) is 0 Å². The van der Waals surface area contributed by atoms with Crippen LogP contribution in [0.1, 0.15) is 13.3 Å². The summed E-state index contributed by atoms with van der Waals surface area (Å²) >= 11 is 0. The van der Waals surface area contributed by atoms with Gasteiger partial charge in [0, 0.05) is 31.8 Å². The van der Waals surface area contributed by atoms with Crippen LogP contribution in [0.4, 0.5) is 0 Å². The molecule has 0 rings (SSSR count). The zero-order valence-corrected chi connectivity index (χ0v) is 7.73. The number of Topliss-reactive ketones (excluding diaryl/α,β-unsaturated/α-hetero) is 1. The summed E-state index contributed by atoms with van der Waals surface area (Å²) in [5.74, 6) is -0.168. The molecule has 0 aromatic rings. The summed E-state index contributed by atoms with van der Waals surface area (Å²) in [5.41, 5.74) is 0.251. The average molecular weight is 241 g/mol. The van der Waals surface area contributed by atoms with Gasteiger partial charge in [0.15, 0.2) is 0 Å². The Morgan fingerprint density at radius 2 is 2.18 bits per heavy atom. The standard InChI is InChI=1S/C7H8NO2.Rh/c1-6(2)7(10)3-4-8-5-9;/h1H,3-4H2,2H3;/q-1;. The zero-order chi connectivity index (χ0) is 7.98. The summed E-state index contributed by atoms with van der Waals surface area (Å²) < 4.78 is 0. The number of ketones is 1. The molecule has 0 heterocycles. The predicted molar refractivity (Wildman–Crippen MR) is 36.1 cm³/mol. The minimum absolute atomic E-state index is 0. The molecule has 0 bridgehead atoms. The van der Waals surface area contributed by atoms with Gasteiger partial charge in [0.05, 0.1) is 0 Å². The van der Waals surface area contributed by atoms with Crippen molar-refractivity contribution in [2.45, 2.75) is 13.3 Å². The van der Waals surface area contributed by atoms with Gasteiger partial charge in [-0.25, -0.2) is 9.79 Å². The minimum Gasteiger partial charge on any atom is -0.406 e. The van der Waals surface area contributed by atoms with E-state index in [2.05, 4.69) is 4.99 Å². The van der Waals surface area contributed by atoms with E-state index in [0.717, 1.165) is 0 Å². The van der Waals surface area contributed by atoms with Crippen molar-refractivity contribution < 1.29 is 29.1 Å². The van der Waals surface area contributed by atoms with Crippen LogP contribution in [0.5, 0.6) is 0 Å². The molecule has 0 atom stereocenters. The maximum atomic E-state index is 10.7. The number of allylic oxidation sites excluding steroid dienone is 1. The van der Waals surface area contributed by atoms with Crippen LogP contribution in [-0.2, 0) is 29.1 Å². The molecule has 0 aromatic heterocycles. The first-order valence-corrected chi connectivity index (χ1v) is 2.84. The Balaban J connectivity index is 0. The van der Waals surface area contributed by atoms with Crippen molar-refractivity contribution in [3.05, 3.63) is 12.2 Å². The van der Waals surface area contributed by atoms with Gasteiger partial charge in [-0.1, -0.05) is 6.92 Å². The molecule has 0 spiro atoms. The van der Waals surface area contributed by atoms with Gasteiger partial charge in [-0.2, -0.15) is 5.57 Å². The normalized spacial score (nSPS) is 7.36. The van der Waals surface area contributed by atoms with Crippen LogP contribution >= 0.6 is 0 Å². The molecule has 0 aromatic carbocycles. The van der Waals surface area contributed by atoms with Gasteiger partial charge < -0.3 is 4.79 Å². The van der Waals surface area contributed by atoms with Crippen LogP contribution in [0.2, 0.25) is 0 Å². The molecule has 63 valence electrons. The fraction of sp³-hybridized carbons (Fsp3) is 0.429. The summed E-state index contributed by atoms with van der Waals surface area (Å²) in [6.45, 7) is 6.84. The Morgan fingerprint density at radius 1 is 1.64 bits per heavy atom. The Hall–Kier alpha value is -0.587. The number of carbonyl (C=O) groups is 1. The van der Waals surface area contributed by atoms with Crippen molar-refractivity contribution in [2.75, 3.05) is 6.54 Å². The second-order valence-electron chi connectivity index (χ2n) is 1.83. The monoisotopic (exact) mass is 241 g/mol. The second-order valence-corrected chi connectivity index (χ2v) is 1.83. The fourth-order valence-electron chi connectivity index (χ4n) is 0.400. The van der Waals surface area contributed by atoms with Crippen molar-refractivity contribution in [2.24, 2.45) is 4.99 Å². The molecule has 0 N–H and O–H groups in total. The minimum atomic E-state index is -0.168. The molecule has 0 unspecified atom stereocenters. The number of rotatable bonds is 4. The van der Waals surface area contributed by atoms with Crippen LogP contribution in [-0.4, -0.2) is 18.4 Å². The van der Waals surface area contributed by atoms with Crippen molar-refractivity contribution in [1.82, 2.24) is 0 Å². The first kappa shape index (κ1) is 13.0. The maximum absolute atomic E-state index is 10.7. The SMILES string of the molecule is [CH-]=C(C)C(=O)CCN=C=O.[Rh]. The molecule has 11 heavy (non-hydrogen) atoms. The number of hydrogen-bond acceptors (Lipinski definition) is 3. The quantitative estimate of drug-likeness (QED) is 0.238. The van der Waals surface area contributed by atoms with E-state index in [1.54, 1.807) is 0 Å². The molecule has 3 nitrogen and oxygen atoms in total. The maximum Gasteiger partial charge on any atom is 0.234 e. The number of nitrogens with zero attached hydrogens (tertiary/aromatic N) is 1. The molecule has 0 amide bonds. The Bertz CT molecular complexity index is 195. The Kier molecular flexibility index (Phi) is 8.91. The number of isocyanates is 1. The molecule has 0 aliphatic rings. The van der Waals surface area contributed by atoms with Crippen LogP contribution in [0.3, 0.4) is 0 Å². The Labute approximate surface area is 78.3 Å². The van der Waals surface area contributed by atoms with Crippen LogP contribution < -0.4 is 0 Å². The van der Waals surface area contributed by atoms with Gasteiger partial charge in [0.2, 0.25) is 6.08 Å². The van der Waals surface area contributed by atoms with Gasteiger partial charge >= 0.3 is 0 Å². The van der Waals surface area contributed by atoms with Crippen LogP contribution in [0.15, 0.2) is 10.6 Å². The smallest absolute Gasteiger partial charge is 0.234 e. The molecular weight excluding hydrogens is 233 g/mol. The van der Waals surface area contributed by atoms with E-state index in [0.29, 0.717) is 0 Å². The van der Waals surface area contributed by atoms with Crippen LogP contribution in [0, 0.1) is 6.58 Å². The van der Waals surface area contributed by atoms with Gasteiger partial charge in [-0.3, -0.25) is 6.58 Å². The van der Waals surface area contributed by atoms with Gasteiger partial charge in [0.25, 0.3) is 0 Å². The number of aliphatic imine (C=N–C) groups is 1. The van der Waals surface area contributed by atoms with E-state index >= 15 is 0 Å². The molecule has 0 aliphatic heterocycles. The van der Waals surface area contributed by atoms with Crippen molar-refractivity contribution in [3.63, 3.8) is 0 Å².